The number of rotatable bonds is 5. The van der Waals surface area contributed by atoms with Crippen molar-refractivity contribution < 1.29 is 4.79 Å². The summed E-state index contributed by atoms with van der Waals surface area (Å²) in [5.74, 6) is 1.81. The number of nitrogens with zero attached hydrogens (tertiary/aromatic N) is 5. The molecule has 0 unspecified atom stereocenters. The highest BCUT2D eigenvalue weighted by Crippen LogP contribution is 2.13. The van der Waals surface area contributed by atoms with Crippen LogP contribution in [0.15, 0.2) is 59.7 Å². The summed E-state index contributed by atoms with van der Waals surface area (Å²) in [4.78, 5) is 27.3. The molecule has 1 N–H and O–H groups in total. The molecule has 1 aliphatic rings. The molecule has 7 nitrogen and oxygen atoms in total. The lowest BCUT2D eigenvalue weighted by Gasteiger charge is -2.37. The molecule has 1 aromatic carbocycles. The lowest BCUT2D eigenvalue weighted by Crippen LogP contribution is -2.53. The van der Waals surface area contributed by atoms with Crippen LogP contribution in [0, 0.1) is 0 Å². The Labute approximate surface area is 166 Å². The minimum atomic E-state index is 0.0273. The maximum absolute atomic E-state index is 12.0. The van der Waals surface area contributed by atoms with Crippen LogP contribution in [-0.2, 0) is 11.3 Å². The zero-order chi connectivity index (χ0) is 19.8. The van der Waals surface area contributed by atoms with Crippen LogP contribution in [0.5, 0.6) is 0 Å². The Morgan fingerprint density at radius 1 is 1.07 bits per heavy atom. The summed E-state index contributed by atoms with van der Waals surface area (Å²) in [6.45, 7) is 4.21. The monoisotopic (exact) mass is 380 g/mol. The molecule has 0 saturated carbocycles. The number of carbonyl (C=O) groups is 1. The third kappa shape index (κ3) is 5.45. The number of likely N-dealkylation sites (N-methyl/N-ethyl adjacent to an activating group) is 1. The van der Waals surface area contributed by atoms with Crippen molar-refractivity contribution in [3.05, 3.63) is 60.3 Å². The summed E-state index contributed by atoms with van der Waals surface area (Å²) in [5, 5.41) is 3.25. The number of hydrogen-bond acceptors (Lipinski definition) is 4. The van der Waals surface area contributed by atoms with Gasteiger partial charge in [0.1, 0.15) is 5.82 Å². The van der Waals surface area contributed by atoms with Crippen LogP contribution in [0.3, 0.4) is 0 Å². The fraction of sp³-hybridized carbons (Fsp3) is 0.381. The first-order valence-electron chi connectivity index (χ1n) is 9.57. The van der Waals surface area contributed by atoms with Crippen molar-refractivity contribution in [3.63, 3.8) is 0 Å². The third-order valence-electron chi connectivity index (χ3n) is 4.70. The topological polar surface area (TPSA) is 64.1 Å². The summed E-state index contributed by atoms with van der Waals surface area (Å²) < 4.78 is 0. The fourth-order valence-electron chi connectivity index (χ4n) is 3.02. The summed E-state index contributed by atoms with van der Waals surface area (Å²) in [6.07, 6.45) is 1.82. The van der Waals surface area contributed by atoms with Gasteiger partial charge in [-0.15, -0.1) is 0 Å². The van der Waals surface area contributed by atoms with E-state index in [1.54, 1.807) is 19.0 Å². The zero-order valence-electron chi connectivity index (χ0n) is 16.6. The molecule has 1 aromatic heterocycles. The van der Waals surface area contributed by atoms with E-state index < -0.39 is 0 Å². The van der Waals surface area contributed by atoms with Crippen molar-refractivity contribution in [2.45, 2.75) is 6.54 Å². The molecule has 1 amide bonds. The predicted molar refractivity (Wildman–Crippen MR) is 112 cm³/mol. The highest BCUT2D eigenvalue weighted by atomic mass is 16.2. The zero-order valence-corrected chi connectivity index (χ0v) is 16.6. The van der Waals surface area contributed by atoms with Gasteiger partial charge in [-0.1, -0.05) is 36.4 Å². The fourth-order valence-corrected chi connectivity index (χ4v) is 3.02. The predicted octanol–water partition coefficient (Wildman–Crippen LogP) is 1.44. The second-order valence-electron chi connectivity index (χ2n) is 6.93. The lowest BCUT2D eigenvalue weighted by atomic mass is 10.2. The molecule has 2 heterocycles. The molecule has 1 saturated heterocycles. The Kier molecular flexibility index (Phi) is 6.84. The highest BCUT2D eigenvalue weighted by Gasteiger charge is 2.21. The van der Waals surface area contributed by atoms with Crippen molar-refractivity contribution in [3.8, 4) is 0 Å². The molecule has 1 fully saturated rings. The number of guanidine groups is 1. The normalized spacial score (nSPS) is 14.7. The average molecular weight is 380 g/mol. The second-order valence-corrected chi connectivity index (χ2v) is 6.93. The van der Waals surface area contributed by atoms with Crippen molar-refractivity contribution >= 4 is 17.7 Å². The number of hydrogen-bond donors (Lipinski definition) is 1. The molecule has 0 spiro atoms. The molecule has 0 aliphatic carbocycles. The van der Waals surface area contributed by atoms with Crippen molar-refractivity contribution in [2.75, 3.05) is 51.7 Å². The minimum Gasteiger partial charge on any atom is -0.353 e. The highest BCUT2D eigenvalue weighted by molar-refractivity contribution is 5.86. The van der Waals surface area contributed by atoms with E-state index in [-0.39, 0.29) is 12.5 Å². The van der Waals surface area contributed by atoms with E-state index in [1.807, 2.05) is 42.6 Å². The number of anilines is 1. The van der Waals surface area contributed by atoms with Gasteiger partial charge in [0.15, 0.2) is 5.96 Å². The third-order valence-corrected chi connectivity index (χ3v) is 4.70. The largest absolute Gasteiger partial charge is 0.353 e. The van der Waals surface area contributed by atoms with Crippen LogP contribution >= 0.6 is 0 Å². The number of piperazine rings is 1. The van der Waals surface area contributed by atoms with E-state index >= 15 is 0 Å². The molecule has 2 aromatic rings. The quantitative estimate of drug-likeness (QED) is 0.628. The van der Waals surface area contributed by atoms with Crippen molar-refractivity contribution in [1.82, 2.24) is 20.1 Å². The first-order chi connectivity index (χ1) is 13.6. The van der Waals surface area contributed by atoms with Gasteiger partial charge in [-0.2, -0.15) is 0 Å². The van der Waals surface area contributed by atoms with Gasteiger partial charge in [0, 0.05) is 46.5 Å². The molecule has 0 atom stereocenters. The van der Waals surface area contributed by atoms with Gasteiger partial charge < -0.3 is 20.0 Å². The number of amides is 1. The molecule has 3 rings (SSSR count). The number of nitrogens with one attached hydrogen (secondary N) is 1. The van der Waals surface area contributed by atoms with E-state index in [4.69, 9.17) is 4.99 Å². The summed E-state index contributed by atoms with van der Waals surface area (Å²) in [6, 6.07) is 16.1. The Morgan fingerprint density at radius 3 is 2.43 bits per heavy atom. The number of aromatic nitrogens is 1. The summed E-state index contributed by atoms with van der Waals surface area (Å²) >= 11 is 0. The Bertz CT molecular complexity index is 770. The first kappa shape index (κ1) is 19.7. The molecule has 148 valence electrons. The second kappa shape index (κ2) is 9.73. The Hall–Kier alpha value is -3.09. The van der Waals surface area contributed by atoms with E-state index in [9.17, 15) is 4.79 Å². The van der Waals surface area contributed by atoms with Crippen LogP contribution in [0.4, 0.5) is 5.82 Å². The van der Waals surface area contributed by atoms with E-state index in [0.29, 0.717) is 6.54 Å². The first-order valence-corrected chi connectivity index (χ1v) is 9.57. The number of benzene rings is 1. The molecule has 0 bridgehead atoms. The number of carbonyl (C=O) groups excluding carboxylic acids is 1. The van der Waals surface area contributed by atoms with E-state index in [2.05, 4.69) is 32.2 Å². The molecular weight excluding hydrogens is 352 g/mol. The van der Waals surface area contributed by atoms with Crippen LogP contribution in [0.25, 0.3) is 0 Å². The van der Waals surface area contributed by atoms with Crippen molar-refractivity contribution in [2.24, 2.45) is 4.99 Å². The molecule has 28 heavy (non-hydrogen) atoms. The Morgan fingerprint density at radius 2 is 1.79 bits per heavy atom. The van der Waals surface area contributed by atoms with Gasteiger partial charge in [0.05, 0.1) is 13.1 Å². The molecule has 7 heteroatoms. The van der Waals surface area contributed by atoms with Gasteiger partial charge in [0.25, 0.3) is 0 Å². The summed E-state index contributed by atoms with van der Waals surface area (Å²) in [5.41, 5.74) is 1.15. The number of pyridine rings is 1. The van der Waals surface area contributed by atoms with Crippen LogP contribution in [0.2, 0.25) is 0 Å². The van der Waals surface area contributed by atoms with Gasteiger partial charge in [-0.25, -0.2) is 9.98 Å². The van der Waals surface area contributed by atoms with Crippen molar-refractivity contribution in [1.29, 1.82) is 0 Å². The Balaban J connectivity index is 1.65. The van der Waals surface area contributed by atoms with Gasteiger partial charge in [-0.05, 0) is 17.7 Å². The van der Waals surface area contributed by atoms with E-state index in [0.717, 1.165) is 43.5 Å². The maximum Gasteiger partial charge on any atom is 0.241 e. The number of aliphatic imine (C=N–C) groups is 1. The smallest absolute Gasteiger partial charge is 0.241 e. The molecule has 0 radical (unpaired) electrons. The van der Waals surface area contributed by atoms with Gasteiger partial charge in [-0.3, -0.25) is 4.79 Å². The maximum atomic E-state index is 12.0. The standard InChI is InChI=1S/C21H28N6O/c1-25(2)20(28)17-24-21(23-16-18-8-4-3-5-9-18)27-14-12-26(13-15-27)19-10-6-7-11-22-19/h3-11H,12-17H2,1-2H3,(H,23,24). The van der Waals surface area contributed by atoms with Crippen LogP contribution in [-0.4, -0.2) is 73.5 Å². The minimum absolute atomic E-state index is 0.0273. The van der Waals surface area contributed by atoms with Gasteiger partial charge >= 0.3 is 0 Å². The van der Waals surface area contributed by atoms with Gasteiger partial charge in [0.2, 0.25) is 5.91 Å². The molecular formula is C21H28N6O. The SMILES string of the molecule is CN(C)C(=O)CNC(=NCc1ccccc1)N1CCN(c2ccccn2)CC1. The molecule has 1 aliphatic heterocycles. The average Bonchev–Trinajstić information content (AvgIpc) is 2.75. The lowest BCUT2D eigenvalue weighted by molar-refractivity contribution is -0.127. The van der Waals surface area contributed by atoms with Crippen LogP contribution in [0.1, 0.15) is 5.56 Å². The van der Waals surface area contributed by atoms with E-state index in [1.165, 1.54) is 0 Å². The summed E-state index contributed by atoms with van der Waals surface area (Å²) in [7, 11) is 3.52. The van der Waals surface area contributed by atoms with Crippen LogP contribution < -0.4 is 10.2 Å².